The van der Waals surface area contributed by atoms with Crippen LogP contribution in [0, 0.1) is 5.92 Å². The largest absolute Gasteiger partial charge is 0.497 e. The van der Waals surface area contributed by atoms with E-state index in [2.05, 4.69) is 10.6 Å². The summed E-state index contributed by atoms with van der Waals surface area (Å²) >= 11 is 1.52. The monoisotopic (exact) mass is 704 g/mol. The Hall–Kier alpha value is -4.72. The summed E-state index contributed by atoms with van der Waals surface area (Å²) in [4.78, 5) is 57.9. The Balaban J connectivity index is 1.35. The molecule has 0 spiro atoms. The molecule has 5 atom stereocenters. The third-order valence-electron chi connectivity index (χ3n) is 9.40. The van der Waals surface area contributed by atoms with Gasteiger partial charge in [0.15, 0.2) is 0 Å². The van der Waals surface area contributed by atoms with Gasteiger partial charge in [-0.25, -0.2) is 9.59 Å². The lowest BCUT2D eigenvalue weighted by atomic mass is 10.0. The van der Waals surface area contributed by atoms with Crippen molar-refractivity contribution in [1.29, 1.82) is 0 Å². The van der Waals surface area contributed by atoms with Crippen molar-refractivity contribution >= 4 is 35.2 Å². The highest BCUT2D eigenvalue weighted by molar-refractivity contribution is 7.13. The fourth-order valence-corrected chi connectivity index (χ4v) is 7.41. The van der Waals surface area contributed by atoms with Crippen molar-refractivity contribution in [1.82, 2.24) is 30.5 Å². The number of nitrogens with one attached hydrogen (secondary N) is 2. The summed E-state index contributed by atoms with van der Waals surface area (Å²) in [5.41, 5.74) is -0.100. The van der Waals surface area contributed by atoms with Crippen molar-refractivity contribution in [2.24, 2.45) is 5.92 Å². The number of aliphatic carboxylic acids is 1. The number of benzene rings is 1. The molecule has 1 saturated carbocycles. The maximum Gasteiger partial charge on any atom is 0.408 e. The third kappa shape index (κ3) is 7.54. The second-order valence-corrected chi connectivity index (χ2v) is 15.1. The molecule has 3 aromatic rings. The van der Waals surface area contributed by atoms with Crippen LogP contribution in [0.3, 0.4) is 0 Å². The van der Waals surface area contributed by atoms with Crippen molar-refractivity contribution in [2.75, 3.05) is 13.7 Å². The predicted molar refractivity (Wildman–Crippen MR) is 186 cm³/mol. The SMILES string of the molecule is COc1ccc(-c2nn([C@H]3C[C@H]4C(=O)N[C@@]5(C(=O)O)C[C@H]5/C=C\CCCCC[C@@H](NC(=O)OC(C)(C)C)C(=O)N4C3)nc2-c2cccs2)cc1. The molecule has 3 amide bonds. The molecule has 4 heterocycles. The number of amides is 3. The first-order valence-corrected chi connectivity index (χ1v) is 17.9. The Morgan fingerprint density at radius 1 is 1.08 bits per heavy atom. The fourth-order valence-electron chi connectivity index (χ4n) is 6.70. The van der Waals surface area contributed by atoms with Gasteiger partial charge in [0.2, 0.25) is 11.8 Å². The van der Waals surface area contributed by atoms with Gasteiger partial charge >= 0.3 is 12.1 Å². The molecule has 1 aromatic carbocycles. The Labute approximate surface area is 295 Å². The molecule has 1 aliphatic carbocycles. The average Bonchev–Trinajstić information content (AvgIpc) is 3.52. The van der Waals surface area contributed by atoms with Crippen molar-refractivity contribution in [2.45, 2.75) is 95.0 Å². The van der Waals surface area contributed by atoms with Gasteiger partial charge in [0.1, 0.15) is 40.4 Å². The number of carboxylic acid groups (broad SMARTS) is 1. The van der Waals surface area contributed by atoms with Crippen LogP contribution in [0.1, 0.15) is 71.8 Å². The second kappa shape index (κ2) is 14.3. The van der Waals surface area contributed by atoms with E-state index in [0.717, 1.165) is 29.7 Å². The number of alkyl carbamates (subject to hydrolysis) is 1. The molecule has 3 N–H and O–H groups in total. The molecule has 0 unspecified atom stereocenters. The molecule has 2 aliphatic heterocycles. The van der Waals surface area contributed by atoms with Crippen LogP contribution in [0.25, 0.3) is 21.8 Å². The summed E-state index contributed by atoms with van der Waals surface area (Å²) in [5.74, 6) is -1.76. The van der Waals surface area contributed by atoms with Crippen LogP contribution in [-0.2, 0) is 19.1 Å². The number of allylic oxidation sites excluding steroid dienone is 1. The summed E-state index contributed by atoms with van der Waals surface area (Å²) in [7, 11) is 1.60. The highest BCUT2D eigenvalue weighted by Gasteiger charge is 2.61. The topological polar surface area (TPSA) is 165 Å². The Kier molecular flexibility index (Phi) is 10.0. The fraction of sp³-hybridized carbons (Fsp3) is 0.500. The minimum absolute atomic E-state index is 0.0768. The summed E-state index contributed by atoms with van der Waals surface area (Å²) < 4.78 is 10.8. The Morgan fingerprint density at radius 3 is 2.52 bits per heavy atom. The molecule has 6 rings (SSSR count). The lowest BCUT2D eigenvalue weighted by Gasteiger charge is -2.30. The van der Waals surface area contributed by atoms with E-state index >= 15 is 0 Å². The number of carboxylic acids is 1. The van der Waals surface area contributed by atoms with Gasteiger partial charge in [0.25, 0.3) is 0 Å². The van der Waals surface area contributed by atoms with E-state index in [1.54, 1.807) is 32.7 Å². The first-order chi connectivity index (χ1) is 23.9. The normalized spacial score (nSPS) is 26.4. The standard InChI is InChI=1S/C36H44N6O7S/c1-35(2,3)49-34(47)37-26-12-9-7-5-6-8-11-23-20-36(23,33(45)46)38-31(43)27-19-24(21-41(27)32(26)44)42-39-29(22-14-16-25(48-4)17-15-22)30(40-42)28-13-10-18-50-28/h8,10-11,13-18,23-24,26-27H,5-7,9,12,19-21H2,1-4H3,(H,37,47)(H,38,43)(H,45,46)/b11-8-/t23-,24+,26-,27+,36+/m1/s1. The van der Waals surface area contributed by atoms with Crippen LogP contribution >= 0.6 is 11.3 Å². The highest BCUT2D eigenvalue weighted by atomic mass is 32.1. The maximum atomic E-state index is 14.4. The van der Waals surface area contributed by atoms with Crippen LogP contribution in [0.5, 0.6) is 5.75 Å². The lowest BCUT2D eigenvalue weighted by Crippen LogP contribution is -2.56. The molecule has 50 heavy (non-hydrogen) atoms. The lowest BCUT2D eigenvalue weighted by molar-refractivity contribution is -0.145. The van der Waals surface area contributed by atoms with Gasteiger partial charge in [-0.3, -0.25) is 9.59 Å². The molecule has 0 radical (unpaired) electrons. The molecule has 13 nitrogen and oxygen atoms in total. The zero-order valence-electron chi connectivity index (χ0n) is 28.8. The summed E-state index contributed by atoms with van der Waals surface area (Å²) in [5, 5.41) is 27.6. The average molecular weight is 705 g/mol. The first-order valence-electron chi connectivity index (χ1n) is 17.1. The maximum absolute atomic E-state index is 14.4. The number of fused-ring (bicyclic) bond motifs is 2. The molecular weight excluding hydrogens is 660 g/mol. The number of aromatic nitrogens is 3. The van der Waals surface area contributed by atoms with E-state index in [9.17, 15) is 24.3 Å². The van der Waals surface area contributed by atoms with E-state index in [1.165, 1.54) is 16.2 Å². The number of rotatable bonds is 6. The summed E-state index contributed by atoms with van der Waals surface area (Å²) in [6.45, 7) is 5.31. The van der Waals surface area contributed by atoms with Gasteiger partial charge in [0, 0.05) is 24.4 Å². The summed E-state index contributed by atoms with van der Waals surface area (Å²) in [6.07, 6.45) is 6.94. The van der Waals surface area contributed by atoms with Gasteiger partial charge in [0.05, 0.1) is 18.0 Å². The predicted octanol–water partition coefficient (Wildman–Crippen LogP) is 5.20. The van der Waals surface area contributed by atoms with Crippen molar-refractivity contribution in [3.05, 3.63) is 53.9 Å². The Morgan fingerprint density at radius 2 is 1.84 bits per heavy atom. The second-order valence-electron chi connectivity index (χ2n) is 14.2. The van der Waals surface area contributed by atoms with Crippen LogP contribution < -0.4 is 15.4 Å². The summed E-state index contributed by atoms with van der Waals surface area (Å²) in [6, 6.07) is 8.89. The minimum atomic E-state index is -1.44. The molecule has 14 heteroatoms. The molecule has 1 saturated heterocycles. The highest BCUT2D eigenvalue weighted by Crippen LogP contribution is 2.46. The van der Waals surface area contributed by atoms with E-state index < -0.39 is 53.1 Å². The number of ether oxygens (including phenoxy) is 2. The molecule has 266 valence electrons. The van der Waals surface area contributed by atoms with Gasteiger partial charge in [-0.15, -0.1) is 11.3 Å². The van der Waals surface area contributed by atoms with Crippen molar-refractivity contribution in [3.8, 4) is 27.6 Å². The third-order valence-corrected chi connectivity index (χ3v) is 10.3. The van der Waals surface area contributed by atoms with Crippen LogP contribution in [-0.4, -0.2) is 85.8 Å². The number of methoxy groups -OCH3 is 1. The van der Waals surface area contributed by atoms with Gasteiger partial charge < -0.3 is 30.1 Å². The van der Waals surface area contributed by atoms with Crippen LogP contribution in [0.4, 0.5) is 4.79 Å². The van der Waals surface area contributed by atoms with Crippen molar-refractivity contribution in [3.63, 3.8) is 0 Å². The Bertz CT molecular complexity index is 1750. The zero-order chi connectivity index (χ0) is 35.6. The van der Waals surface area contributed by atoms with Crippen molar-refractivity contribution < 1.29 is 33.8 Å². The molecule has 2 fully saturated rings. The number of thiophene rings is 1. The quantitative estimate of drug-likeness (QED) is 0.293. The van der Waals surface area contributed by atoms with Gasteiger partial charge in [-0.2, -0.15) is 15.0 Å². The number of hydrogen-bond donors (Lipinski definition) is 3. The minimum Gasteiger partial charge on any atom is -0.497 e. The van der Waals surface area contributed by atoms with E-state index in [4.69, 9.17) is 19.7 Å². The van der Waals surface area contributed by atoms with Gasteiger partial charge in [-0.1, -0.05) is 31.1 Å². The number of carbonyl (C=O) groups is 4. The molecular formula is C36H44N6O7S. The zero-order valence-corrected chi connectivity index (χ0v) is 29.6. The van der Waals surface area contributed by atoms with E-state index in [1.807, 2.05) is 53.9 Å². The number of nitrogens with zero attached hydrogens (tertiary/aromatic N) is 4. The van der Waals surface area contributed by atoms with E-state index in [0.29, 0.717) is 30.0 Å². The van der Waals surface area contributed by atoms with Gasteiger partial charge in [-0.05, 0) is 82.2 Å². The smallest absolute Gasteiger partial charge is 0.408 e. The number of carbonyl (C=O) groups excluding carboxylic acids is 3. The molecule has 2 aromatic heterocycles. The van der Waals surface area contributed by atoms with Crippen LogP contribution in [0.15, 0.2) is 53.9 Å². The molecule has 0 bridgehead atoms. The van der Waals surface area contributed by atoms with E-state index in [-0.39, 0.29) is 25.3 Å². The first kappa shape index (κ1) is 35.1. The molecule has 3 aliphatic rings. The number of hydrogen-bond acceptors (Lipinski definition) is 9. The van der Waals surface area contributed by atoms with Crippen LogP contribution in [0.2, 0.25) is 0 Å².